The van der Waals surface area contributed by atoms with Crippen LogP contribution in [0.2, 0.25) is 0 Å². The summed E-state index contributed by atoms with van der Waals surface area (Å²) in [7, 11) is 1.77. The number of benzene rings is 1. The molecule has 3 heterocycles. The van der Waals surface area contributed by atoms with E-state index >= 15 is 0 Å². The van der Waals surface area contributed by atoms with Crippen LogP contribution in [0.25, 0.3) is 11.3 Å². The summed E-state index contributed by atoms with van der Waals surface area (Å²) in [5, 5.41) is 0. The first-order valence-corrected chi connectivity index (χ1v) is 8.43. The van der Waals surface area contributed by atoms with Gasteiger partial charge >= 0.3 is 0 Å². The van der Waals surface area contributed by atoms with E-state index in [0.29, 0.717) is 17.9 Å². The molecule has 26 heavy (non-hydrogen) atoms. The van der Waals surface area contributed by atoms with Gasteiger partial charge in [0.05, 0.1) is 12.2 Å². The lowest BCUT2D eigenvalue weighted by molar-refractivity contribution is 0.0725. The molecular formula is C20H18N4O2. The van der Waals surface area contributed by atoms with Gasteiger partial charge in [-0.3, -0.25) is 4.79 Å². The molecule has 3 aromatic rings. The molecule has 1 atom stereocenters. The molecule has 1 aliphatic rings. The first-order chi connectivity index (χ1) is 12.7. The normalized spacial score (nSPS) is 15.2. The maximum atomic E-state index is 12.8. The topological polar surface area (TPSA) is 68.2 Å². The van der Waals surface area contributed by atoms with Gasteiger partial charge in [0.15, 0.2) is 0 Å². The zero-order valence-electron chi connectivity index (χ0n) is 14.4. The highest BCUT2D eigenvalue weighted by Gasteiger charge is 2.25. The molecule has 0 bridgehead atoms. The van der Waals surface area contributed by atoms with Crippen molar-refractivity contribution in [3.63, 3.8) is 0 Å². The standard InChI is InChI=1S/C20H18N4O2/c1-24(12-16-9-14-5-2-3-8-19(14)26-16)20(25)18-7-4-6-17(23-18)15-10-21-13-22-11-15/h2-8,10-11,13,16H,9,12H2,1H3/t16-/m0/s1. The average molecular weight is 346 g/mol. The zero-order valence-corrected chi connectivity index (χ0v) is 14.4. The zero-order chi connectivity index (χ0) is 17.9. The molecule has 0 N–H and O–H groups in total. The predicted octanol–water partition coefficient (Wildman–Crippen LogP) is 2.61. The van der Waals surface area contributed by atoms with Crippen molar-refractivity contribution in [2.45, 2.75) is 12.5 Å². The van der Waals surface area contributed by atoms with Crippen LogP contribution in [-0.2, 0) is 6.42 Å². The number of aromatic nitrogens is 3. The third kappa shape index (κ3) is 3.26. The number of carbonyl (C=O) groups excluding carboxylic acids is 1. The number of rotatable bonds is 4. The number of ether oxygens (including phenoxy) is 1. The number of carbonyl (C=O) groups is 1. The Hall–Kier alpha value is -3.28. The fraction of sp³-hybridized carbons (Fsp3) is 0.200. The van der Waals surface area contributed by atoms with Crippen LogP contribution in [0, 0.1) is 0 Å². The third-order valence-electron chi connectivity index (χ3n) is 4.36. The molecule has 0 unspecified atom stereocenters. The van der Waals surface area contributed by atoms with E-state index < -0.39 is 0 Å². The van der Waals surface area contributed by atoms with Crippen LogP contribution in [0.15, 0.2) is 61.2 Å². The summed E-state index contributed by atoms with van der Waals surface area (Å²) in [5.41, 5.74) is 3.03. The molecular weight excluding hydrogens is 328 g/mol. The van der Waals surface area contributed by atoms with Crippen LogP contribution < -0.4 is 4.74 Å². The van der Waals surface area contributed by atoms with Crippen molar-refractivity contribution in [2.24, 2.45) is 0 Å². The minimum absolute atomic E-state index is 0.0351. The van der Waals surface area contributed by atoms with E-state index in [0.717, 1.165) is 17.7 Å². The fourth-order valence-electron chi connectivity index (χ4n) is 3.09. The minimum Gasteiger partial charge on any atom is -0.488 e. The molecule has 2 aromatic heterocycles. The van der Waals surface area contributed by atoms with E-state index in [4.69, 9.17) is 4.74 Å². The summed E-state index contributed by atoms with van der Waals surface area (Å²) in [4.78, 5) is 26.9. The molecule has 0 fully saturated rings. The van der Waals surface area contributed by atoms with Crippen molar-refractivity contribution in [1.82, 2.24) is 19.9 Å². The van der Waals surface area contributed by atoms with E-state index in [1.54, 1.807) is 30.4 Å². The number of nitrogens with zero attached hydrogens (tertiary/aromatic N) is 4. The molecule has 0 spiro atoms. The van der Waals surface area contributed by atoms with Gasteiger partial charge in [0.1, 0.15) is 23.9 Å². The molecule has 130 valence electrons. The highest BCUT2D eigenvalue weighted by Crippen LogP contribution is 2.28. The molecule has 0 aliphatic carbocycles. The second-order valence-electron chi connectivity index (χ2n) is 6.27. The van der Waals surface area contributed by atoms with Crippen LogP contribution in [-0.4, -0.2) is 45.5 Å². The van der Waals surface area contributed by atoms with Gasteiger partial charge in [0.25, 0.3) is 5.91 Å². The second-order valence-corrected chi connectivity index (χ2v) is 6.27. The van der Waals surface area contributed by atoms with Crippen molar-refractivity contribution in [3.05, 3.63) is 72.4 Å². The summed E-state index contributed by atoms with van der Waals surface area (Å²) >= 11 is 0. The van der Waals surface area contributed by atoms with E-state index in [1.165, 1.54) is 11.9 Å². The van der Waals surface area contributed by atoms with E-state index in [9.17, 15) is 4.79 Å². The van der Waals surface area contributed by atoms with Gasteiger partial charge in [-0.1, -0.05) is 24.3 Å². The third-order valence-corrected chi connectivity index (χ3v) is 4.36. The Bertz CT molecular complexity index is 905. The predicted molar refractivity (Wildman–Crippen MR) is 96.8 cm³/mol. The van der Waals surface area contributed by atoms with Gasteiger partial charge < -0.3 is 9.64 Å². The second kappa shape index (κ2) is 6.92. The summed E-state index contributed by atoms with van der Waals surface area (Å²) in [5.74, 6) is 0.769. The van der Waals surface area contributed by atoms with Crippen molar-refractivity contribution in [3.8, 4) is 17.0 Å². The Balaban J connectivity index is 1.46. The molecule has 1 aromatic carbocycles. The summed E-state index contributed by atoms with van der Waals surface area (Å²) in [6.07, 6.45) is 5.59. The van der Waals surface area contributed by atoms with Crippen molar-refractivity contribution in [2.75, 3.05) is 13.6 Å². The van der Waals surface area contributed by atoms with E-state index in [2.05, 4.69) is 21.0 Å². The van der Waals surface area contributed by atoms with Crippen LogP contribution in [0.1, 0.15) is 16.1 Å². The van der Waals surface area contributed by atoms with E-state index in [1.807, 2.05) is 30.3 Å². The lowest BCUT2D eigenvalue weighted by Gasteiger charge is -2.21. The van der Waals surface area contributed by atoms with Crippen LogP contribution >= 0.6 is 0 Å². The maximum Gasteiger partial charge on any atom is 0.272 e. The number of amides is 1. The monoisotopic (exact) mass is 346 g/mol. The Morgan fingerprint density at radius 2 is 1.96 bits per heavy atom. The van der Waals surface area contributed by atoms with Gasteiger partial charge in [0, 0.05) is 31.4 Å². The number of para-hydroxylation sites is 1. The van der Waals surface area contributed by atoms with Crippen molar-refractivity contribution < 1.29 is 9.53 Å². The average Bonchev–Trinajstić information content (AvgIpc) is 3.10. The van der Waals surface area contributed by atoms with Gasteiger partial charge in [0.2, 0.25) is 0 Å². The highest BCUT2D eigenvalue weighted by molar-refractivity contribution is 5.92. The highest BCUT2D eigenvalue weighted by atomic mass is 16.5. The van der Waals surface area contributed by atoms with Crippen molar-refractivity contribution >= 4 is 5.91 Å². The van der Waals surface area contributed by atoms with Crippen LogP contribution in [0.5, 0.6) is 5.75 Å². The number of likely N-dealkylation sites (N-methyl/N-ethyl adjacent to an activating group) is 1. The lowest BCUT2D eigenvalue weighted by atomic mass is 10.1. The number of fused-ring (bicyclic) bond motifs is 1. The largest absolute Gasteiger partial charge is 0.488 e. The van der Waals surface area contributed by atoms with Gasteiger partial charge in [-0.25, -0.2) is 15.0 Å². The summed E-state index contributed by atoms with van der Waals surface area (Å²) in [6, 6.07) is 13.4. The van der Waals surface area contributed by atoms with Crippen molar-refractivity contribution in [1.29, 1.82) is 0 Å². The Morgan fingerprint density at radius 1 is 1.15 bits per heavy atom. The Labute approximate surface area is 151 Å². The van der Waals surface area contributed by atoms with Gasteiger partial charge in [-0.15, -0.1) is 0 Å². The number of hydrogen-bond acceptors (Lipinski definition) is 5. The number of pyridine rings is 1. The Morgan fingerprint density at radius 3 is 2.77 bits per heavy atom. The quantitative estimate of drug-likeness (QED) is 0.726. The lowest BCUT2D eigenvalue weighted by Crippen LogP contribution is -2.36. The maximum absolute atomic E-state index is 12.8. The molecule has 0 saturated heterocycles. The first kappa shape index (κ1) is 16.2. The SMILES string of the molecule is CN(C[C@@H]1Cc2ccccc2O1)C(=O)c1cccc(-c2cncnc2)n1. The van der Waals surface area contributed by atoms with Crippen LogP contribution in [0.3, 0.4) is 0 Å². The molecule has 0 saturated carbocycles. The molecule has 4 rings (SSSR count). The molecule has 6 heteroatoms. The minimum atomic E-state index is -0.136. The smallest absolute Gasteiger partial charge is 0.272 e. The molecule has 1 amide bonds. The summed E-state index contributed by atoms with van der Waals surface area (Å²) < 4.78 is 5.93. The number of hydrogen-bond donors (Lipinski definition) is 0. The molecule has 0 radical (unpaired) electrons. The summed E-state index contributed by atoms with van der Waals surface area (Å²) in [6.45, 7) is 0.508. The first-order valence-electron chi connectivity index (χ1n) is 8.43. The van der Waals surface area contributed by atoms with Gasteiger partial charge in [-0.05, 0) is 23.8 Å². The van der Waals surface area contributed by atoms with Crippen LogP contribution in [0.4, 0.5) is 0 Å². The molecule has 6 nitrogen and oxygen atoms in total. The fourth-order valence-corrected chi connectivity index (χ4v) is 3.09. The van der Waals surface area contributed by atoms with Gasteiger partial charge in [-0.2, -0.15) is 0 Å². The molecule has 1 aliphatic heterocycles. The van der Waals surface area contributed by atoms with E-state index in [-0.39, 0.29) is 12.0 Å². The Kier molecular flexibility index (Phi) is 4.31.